The summed E-state index contributed by atoms with van der Waals surface area (Å²) in [5.74, 6) is 0.294. The lowest BCUT2D eigenvalue weighted by Gasteiger charge is -2.32. The minimum Gasteiger partial charge on any atom is -0.318 e. The van der Waals surface area contributed by atoms with Crippen LogP contribution in [0.4, 0.5) is 0 Å². The maximum Gasteiger partial charge on any atom is 0.244 e. The van der Waals surface area contributed by atoms with Crippen LogP contribution in [-0.2, 0) is 4.79 Å². The van der Waals surface area contributed by atoms with Crippen LogP contribution >= 0.6 is 11.6 Å². The highest BCUT2D eigenvalue weighted by atomic mass is 35.5. The first-order valence-electron chi connectivity index (χ1n) is 7.97. The third kappa shape index (κ3) is 2.58. The summed E-state index contributed by atoms with van der Waals surface area (Å²) < 4.78 is 0. The number of rotatable bonds is 5. The third-order valence-electron chi connectivity index (χ3n) is 4.76. The second-order valence-corrected chi connectivity index (χ2v) is 6.68. The van der Waals surface area contributed by atoms with Gasteiger partial charge in [0.2, 0.25) is 5.91 Å². The molecule has 4 heteroatoms. The molecule has 1 aromatic rings. The van der Waals surface area contributed by atoms with Crippen LogP contribution in [0.1, 0.15) is 57.7 Å². The first-order valence-corrected chi connectivity index (χ1v) is 8.35. The number of carbonyl (C=O) groups is 1. The topological polar surface area (TPSA) is 32.3 Å². The fraction of sp³-hybridized carbons (Fsp3) is 0.588. The van der Waals surface area contributed by atoms with Gasteiger partial charge in [0.25, 0.3) is 0 Å². The summed E-state index contributed by atoms with van der Waals surface area (Å²) >= 11 is 5.99. The number of hydrogen-bond donors (Lipinski definition) is 1. The standard InChI is InChI=1S/C17H23ClN2O/c1-3-5-14(4-2)20-15(12-6-8-13(18)9-7-12)19-17(10-11-17)16(20)21/h6-9,14-15,19H,3-5,10-11H2,1-2H3. The van der Waals surface area contributed by atoms with Crippen molar-refractivity contribution in [2.45, 2.75) is 63.7 Å². The summed E-state index contributed by atoms with van der Waals surface area (Å²) in [6, 6.07) is 8.18. The highest BCUT2D eigenvalue weighted by Crippen LogP contribution is 2.47. The predicted molar refractivity (Wildman–Crippen MR) is 85.1 cm³/mol. The SMILES string of the molecule is CCCC(CC)N1C(=O)C2(CC2)NC1c1ccc(Cl)cc1. The van der Waals surface area contributed by atoms with E-state index in [0.717, 1.165) is 42.7 Å². The van der Waals surface area contributed by atoms with Crippen LogP contribution in [0.25, 0.3) is 0 Å². The molecule has 2 unspecified atom stereocenters. The molecule has 2 aliphatic rings. The van der Waals surface area contributed by atoms with Crippen molar-refractivity contribution in [3.05, 3.63) is 34.9 Å². The van der Waals surface area contributed by atoms with Gasteiger partial charge in [-0.1, -0.05) is 44.0 Å². The number of halogens is 1. The molecule has 1 aliphatic heterocycles. The van der Waals surface area contributed by atoms with Crippen LogP contribution in [0.5, 0.6) is 0 Å². The fourth-order valence-corrected chi connectivity index (χ4v) is 3.51. The largest absolute Gasteiger partial charge is 0.318 e. The van der Waals surface area contributed by atoms with Crippen molar-refractivity contribution in [3.63, 3.8) is 0 Å². The molecule has 1 saturated heterocycles. The van der Waals surface area contributed by atoms with Crippen molar-refractivity contribution in [3.8, 4) is 0 Å². The number of carbonyl (C=O) groups excluding carboxylic acids is 1. The van der Waals surface area contributed by atoms with Crippen molar-refractivity contribution >= 4 is 17.5 Å². The van der Waals surface area contributed by atoms with Gasteiger partial charge in [0, 0.05) is 11.1 Å². The minimum atomic E-state index is -0.272. The Balaban J connectivity index is 1.92. The zero-order valence-electron chi connectivity index (χ0n) is 12.7. The van der Waals surface area contributed by atoms with E-state index in [9.17, 15) is 4.79 Å². The fourth-order valence-electron chi connectivity index (χ4n) is 3.38. The Labute approximate surface area is 131 Å². The third-order valence-corrected chi connectivity index (χ3v) is 5.01. The van der Waals surface area contributed by atoms with Crippen molar-refractivity contribution in [2.75, 3.05) is 0 Å². The maximum absolute atomic E-state index is 12.9. The van der Waals surface area contributed by atoms with E-state index in [1.165, 1.54) is 0 Å². The van der Waals surface area contributed by atoms with Crippen LogP contribution in [-0.4, -0.2) is 22.4 Å². The Bertz CT molecular complexity index is 524. The smallest absolute Gasteiger partial charge is 0.244 e. The number of nitrogens with zero attached hydrogens (tertiary/aromatic N) is 1. The average Bonchev–Trinajstić information content (AvgIpc) is 3.21. The van der Waals surface area contributed by atoms with E-state index in [4.69, 9.17) is 11.6 Å². The van der Waals surface area contributed by atoms with Crippen LogP contribution in [0.15, 0.2) is 24.3 Å². The van der Waals surface area contributed by atoms with Gasteiger partial charge in [-0.25, -0.2) is 0 Å². The van der Waals surface area contributed by atoms with Crippen molar-refractivity contribution in [1.29, 1.82) is 0 Å². The molecule has 1 aliphatic carbocycles. The molecule has 21 heavy (non-hydrogen) atoms. The van der Waals surface area contributed by atoms with E-state index in [2.05, 4.69) is 24.1 Å². The van der Waals surface area contributed by atoms with E-state index in [1.54, 1.807) is 0 Å². The molecule has 0 bridgehead atoms. The molecule has 1 aromatic carbocycles. The first-order chi connectivity index (χ1) is 10.1. The highest BCUT2D eigenvalue weighted by Gasteiger charge is 2.60. The molecule has 1 heterocycles. The molecule has 1 saturated carbocycles. The van der Waals surface area contributed by atoms with Crippen molar-refractivity contribution in [2.24, 2.45) is 0 Å². The van der Waals surface area contributed by atoms with E-state index >= 15 is 0 Å². The molecular weight excluding hydrogens is 284 g/mol. The maximum atomic E-state index is 12.9. The normalized spacial score (nSPS) is 24.6. The lowest BCUT2D eigenvalue weighted by Crippen LogP contribution is -2.40. The average molecular weight is 307 g/mol. The summed E-state index contributed by atoms with van der Waals surface area (Å²) in [5.41, 5.74) is 0.858. The summed E-state index contributed by atoms with van der Waals surface area (Å²) in [5, 5.41) is 4.32. The highest BCUT2D eigenvalue weighted by molar-refractivity contribution is 6.30. The molecule has 2 atom stereocenters. The van der Waals surface area contributed by atoms with Gasteiger partial charge in [0.05, 0.1) is 0 Å². The molecule has 1 spiro atoms. The molecule has 114 valence electrons. The van der Waals surface area contributed by atoms with Gasteiger partial charge in [0.15, 0.2) is 0 Å². The van der Waals surface area contributed by atoms with Crippen LogP contribution < -0.4 is 5.32 Å². The first kappa shape index (κ1) is 14.9. The van der Waals surface area contributed by atoms with Gasteiger partial charge in [-0.3, -0.25) is 10.1 Å². The van der Waals surface area contributed by atoms with Gasteiger partial charge >= 0.3 is 0 Å². The lowest BCUT2D eigenvalue weighted by atomic mass is 10.0. The van der Waals surface area contributed by atoms with E-state index in [1.807, 2.05) is 24.3 Å². The predicted octanol–water partition coefficient (Wildman–Crippen LogP) is 3.88. The van der Waals surface area contributed by atoms with Crippen LogP contribution in [0, 0.1) is 0 Å². The Hall–Kier alpha value is -1.06. The zero-order valence-corrected chi connectivity index (χ0v) is 13.5. The zero-order chi connectivity index (χ0) is 15.0. The van der Waals surface area contributed by atoms with Crippen LogP contribution in [0.2, 0.25) is 5.02 Å². The monoisotopic (exact) mass is 306 g/mol. The molecule has 0 radical (unpaired) electrons. The number of hydrogen-bond acceptors (Lipinski definition) is 2. The number of amides is 1. The van der Waals surface area contributed by atoms with Crippen LogP contribution in [0.3, 0.4) is 0 Å². The van der Waals surface area contributed by atoms with Gasteiger partial charge < -0.3 is 4.90 Å². The molecule has 1 amide bonds. The molecule has 3 rings (SSSR count). The number of nitrogens with one attached hydrogen (secondary N) is 1. The second kappa shape index (κ2) is 5.62. The Kier molecular flexibility index (Phi) is 3.98. The van der Waals surface area contributed by atoms with Gasteiger partial charge in [-0.2, -0.15) is 0 Å². The Morgan fingerprint density at radius 3 is 2.52 bits per heavy atom. The quantitative estimate of drug-likeness (QED) is 0.895. The van der Waals surface area contributed by atoms with E-state index in [0.29, 0.717) is 11.9 Å². The van der Waals surface area contributed by atoms with Gasteiger partial charge in [-0.05, 0) is 43.4 Å². The molecule has 3 nitrogen and oxygen atoms in total. The molecule has 1 N–H and O–H groups in total. The summed E-state index contributed by atoms with van der Waals surface area (Å²) in [6.07, 6.45) is 5.09. The Morgan fingerprint density at radius 1 is 1.33 bits per heavy atom. The second-order valence-electron chi connectivity index (χ2n) is 6.24. The van der Waals surface area contributed by atoms with E-state index < -0.39 is 0 Å². The molecule has 2 fully saturated rings. The lowest BCUT2D eigenvalue weighted by molar-refractivity contribution is -0.133. The summed E-state index contributed by atoms with van der Waals surface area (Å²) in [7, 11) is 0. The summed E-state index contributed by atoms with van der Waals surface area (Å²) in [6.45, 7) is 4.35. The Morgan fingerprint density at radius 2 is 2.00 bits per heavy atom. The molecule has 0 aromatic heterocycles. The van der Waals surface area contributed by atoms with Gasteiger partial charge in [0.1, 0.15) is 11.7 Å². The van der Waals surface area contributed by atoms with Crippen molar-refractivity contribution in [1.82, 2.24) is 10.2 Å². The number of benzene rings is 1. The van der Waals surface area contributed by atoms with Gasteiger partial charge in [-0.15, -0.1) is 0 Å². The summed E-state index contributed by atoms with van der Waals surface area (Å²) in [4.78, 5) is 14.9. The minimum absolute atomic E-state index is 0.00577. The van der Waals surface area contributed by atoms with E-state index in [-0.39, 0.29) is 11.7 Å². The molecular formula is C17H23ClN2O. The van der Waals surface area contributed by atoms with Crippen molar-refractivity contribution < 1.29 is 4.79 Å².